The summed E-state index contributed by atoms with van der Waals surface area (Å²) < 4.78 is 0.796. The van der Waals surface area contributed by atoms with Crippen LogP contribution in [0, 0.1) is 11.3 Å². The molecule has 1 aliphatic rings. The van der Waals surface area contributed by atoms with Gasteiger partial charge in [0.2, 0.25) is 11.0 Å². The number of nitrogens with one attached hydrogen (secondary N) is 1. The van der Waals surface area contributed by atoms with Gasteiger partial charge in [0.05, 0.1) is 18.2 Å². The Morgan fingerprint density at radius 3 is 3.11 bits per heavy atom. The molecule has 1 aliphatic carbocycles. The normalized spacial score (nSPS) is 13.9. The van der Waals surface area contributed by atoms with Crippen molar-refractivity contribution in [1.82, 2.24) is 15.1 Å². The van der Waals surface area contributed by atoms with Gasteiger partial charge in [-0.25, -0.2) is 0 Å². The third-order valence-corrected chi connectivity index (χ3v) is 4.59. The van der Waals surface area contributed by atoms with E-state index in [1.54, 1.807) is 11.9 Å². The van der Waals surface area contributed by atoms with E-state index in [1.165, 1.54) is 35.9 Å². The number of thioether (sulfide) groups is 1. The van der Waals surface area contributed by atoms with Crippen LogP contribution in [0.1, 0.15) is 19.3 Å². The highest BCUT2D eigenvalue weighted by Crippen LogP contribution is 2.30. The molecule has 1 heterocycles. The first-order valence-electron chi connectivity index (χ1n) is 6.03. The van der Waals surface area contributed by atoms with E-state index in [4.69, 9.17) is 5.26 Å². The van der Waals surface area contributed by atoms with Gasteiger partial charge >= 0.3 is 0 Å². The first-order chi connectivity index (χ1) is 9.19. The maximum atomic E-state index is 11.8. The van der Waals surface area contributed by atoms with Crippen molar-refractivity contribution in [2.75, 3.05) is 24.7 Å². The molecule has 1 saturated carbocycles. The second-order valence-corrected chi connectivity index (χ2v) is 6.50. The molecule has 102 valence electrons. The molecule has 0 aromatic carbocycles. The molecule has 19 heavy (non-hydrogen) atoms. The Hall–Kier alpha value is -1.33. The van der Waals surface area contributed by atoms with Crippen LogP contribution in [0.25, 0.3) is 0 Å². The molecule has 2 rings (SSSR count). The van der Waals surface area contributed by atoms with Gasteiger partial charge in [-0.3, -0.25) is 4.79 Å². The van der Waals surface area contributed by atoms with Gasteiger partial charge in [0.25, 0.3) is 0 Å². The molecule has 0 unspecified atom stereocenters. The van der Waals surface area contributed by atoms with Crippen LogP contribution < -0.4 is 5.32 Å². The number of amides is 1. The van der Waals surface area contributed by atoms with Gasteiger partial charge in [-0.15, -0.1) is 10.2 Å². The van der Waals surface area contributed by atoms with Crippen molar-refractivity contribution in [1.29, 1.82) is 5.26 Å². The van der Waals surface area contributed by atoms with Crippen LogP contribution >= 0.6 is 23.1 Å². The third kappa shape index (κ3) is 4.69. The summed E-state index contributed by atoms with van der Waals surface area (Å²) in [6.45, 7) is 0.473. The third-order valence-electron chi connectivity index (χ3n) is 2.62. The largest absolute Gasteiger partial charge is 0.357 e. The minimum Gasteiger partial charge on any atom is -0.357 e. The zero-order valence-electron chi connectivity index (χ0n) is 10.6. The molecule has 1 aromatic rings. The lowest BCUT2D eigenvalue weighted by Crippen LogP contribution is -2.29. The van der Waals surface area contributed by atoms with Gasteiger partial charge < -0.3 is 10.2 Å². The monoisotopic (exact) mass is 297 g/mol. The number of carbonyl (C=O) groups is 1. The van der Waals surface area contributed by atoms with Gasteiger partial charge in [-0.1, -0.05) is 23.1 Å². The highest BCUT2D eigenvalue weighted by molar-refractivity contribution is 8.01. The van der Waals surface area contributed by atoms with Crippen LogP contribution in [0.3, 0.4) is 0 Å². The zero-order chi connectivity index (χ0) is 13.7. The van der Waals surface area contributed by atoms with E-state index >= 15 is 0 Å². The fourth-order valence-corrected chi connectivity index (χ4v) is 3.07. The van der Waals surface area contributed by atoms with Crippen molar-refractivity contribution in [3.63, 3.8) is 0 Å². The smallest absolute Gasteiger partial charge is 0.232 e. The van der Waals surface area contributed by atoms with Gasteiger partial charge in [0.15, 0.2) is 4.34 Å². The van der Waals surface area contributed by atoms with E-state index in [0.717, 1.165) is 9.47 Å². The van der Waals surface area contributed by atoms with Crippen LogP contribution in [0.5, 0.6) is 0 Å². The predicted molar refractivity (Wildman–Crippen MR) is 75.1 cm³/mol. The van der Waals surface area contributed by atoms with Crippen molar-refractivity contribution in [3.05, 3.63) is 0 Å². The second-order valence-electron chi connectivity index (χ2n) is 4.30. The van der Waals surface area contributed by atoms with Gasteiger partial charge in [-0.05, 0) is 12.8 Å². The van der Waals surface area contributed by atoms with Crippen molar-refractivity contribution in [2.45, 2.75) is 29.6 Å². The molecule has 0 bridgehead atoms. The number of rotatable bonds is 7. The Balaban J connectivity index is 1.73. The fourth-order valence-electron chi connectivity index (χ4n) is 1.30. The van der Waals surface area contributed by atoms with E-state index in [9.17, 15) is 4.79 Å². The summed E-state index contributed by atoms with van der Waals surface area (Å²) in [5.74, 6) is 0.340. The van der Waals surface area contributed by atoms with Crippen molar-refractivity contribution < 1.29 is 4.79 Å². The fraction of sp³-hybridized carbons (Fsp3) is 0.636. The molecule has 1 amide bonds. The Bertz CT molecular complexity index is 480. The number of nitrogens with zero attached hydrogens (tertiary/aromatic N) is 4. The van der Waals surface area contributed by atoms with Gasteiger partial charge in [0, 0.05) is 19.6 Å². The molecule has 1 fully saturated rings. The number of carbonyl (C=O) groups excluding carboxylic acids is 1. The van der Waals surface area contributed by atoms with E-state index in [0.29, 0.717) is 24.8 Å². The minimum absolute atomic E-state index is 0.00662. The quantitative estimate of drug-likeness (QED) is 0.769. The van der Waals surface area contributed by atoms with Crippen molar-refractivity contribution in [2.24, 2.45) is 0 Å². The Kier molecular flexibility index (Phi) is 4.99. The lowest BCUT2D eigenvalue weighted by molar-refractivity contribution is -0.127. The molecular weight excluding hydrogens is 282 g/mol. The van der Waals surface area contributed by atoms with Crippen molar-refractivity contribution >= 4 is 34.1 Å². The number of aromatic nitrogens is 2. The van der Waals surface area contributed by atoms with Crippen LogP contribution in [-0.4, -0.2) is 46.4 Å². The lowest BCUT2D eigenvalue weighted by Gasteiger charge is -2.14. The number of hydrogen-bond donors (Lipinski definition) is 1. The maximum Gasteiger partial charge on any atom is 0.232 e. The Morgan fingerprint density at radius 1 is 1.63 bits per heavy atom. The molecule has 1 N–H and O–H groups in total. The average molecular weight is 297 g/mol. The first kappa shape index (κ1) is 14.1. The zero-order valence-corrected chi connectivity index (χ0v) is 12.3. The summed E-state index contributed by atoms with van der Waals surface area (Å²) >= 11 is 2.87. The summed E-state index contributed by atoms with van der Waals surface area (Å²) in [7, 11) is 1.71. The van der Waals surface area contributed by atoms with E-state index in [1.807, 2.05) is 6.07 Å². The molecule has 0 spiro atoms. The standard InChI is InChI=1S/C11H15N5OS2/c1-16(6-2-5-12)9(17)7-18-11-15-14-10(19-11)13-8-3-4-8/h8H,2-4,6-7H2,1H3,(H,13,14). The van der Waals surface area contributed by atoms with Crippen LogP contribution in [-0.2, 0) is 4.79 Å². The summed E-state index contributed by atoms with van der Waals surface area (Å²) in [4.78, 5) is 13.3. The molecule has 0 aliphatic heterocycles. The molecule has 6 nitrogen and oxygen atoms in total. The van der Waals surface area contributed by atoms with Crippen molar-refractivity contribution in [3.8, 4) is 6.07 Å². The number of anilines is 1. The maximum absolute atomic E-state index is 11.8. The average Bonchev–Trinajstić information content (AvgIpc) is 3.10. The SMILES string of the molecule is CN(CCC#N)C(=O)CSc1nnc(NC2CC2)s1. The van der Waals surface area contributed by atoms with Crippen LogP contribution in [0.15, 0.2) is 4.34 Å². The van der Waals surface area contributed by atoms with Gasteiger partial charge in [0.1, 0.15) is 0 Å². The summed E-state index contributed by atoms with van der Waals surface area (Å²) in [5.41, 5.74) is 0. The second kappa shape index (κ2) is 6.73. The molecule has 0 saturated heterocycles. The summed E-state index contributed by atoms with van der Waals surface area (Å²) in [6.07, 6.45) is 2.76. The topological polar surface area (TPSA) is 81.9 Å². The summed E-state index contributed by atoms with van der Waals surface area (Å²) in [6, 6.07) is 2.59. The minimum atomic E-state index is 0.00662. The highest BCUT2D eigenvalue weighted by atomic mass is 32.2. The van der Waals surface area contributed by atoms with E-state index < -0.39 is 0 Å². The van der Waals surface area contributed by atoms with E-state index in [2.05, 4.69) is 15.5 Å². The predicted octanol–water partition coefficient (Wildman–Crippen LogP) is 1.58. The summed E-state index contributed by atoms with van der Waals surface area (Å²) in [5, 5.41) is 20.6. The van der Waals surface area contributed by atoms with Crippen LogP contribution in [0.4, 0.5) is 5.13 Å². The highest BCUT2D eigenvalue weighted by Gasteiger charge is 2.22. The Morgan fingerprint density at radius 2 is 2.42 bits per heavy atom. The molecule has 0 atom stereocenters. The van der Waals surface area contributed by atoms with Crippen LogP contribution in [0.2, 0.25) is 0 Å². The Labute approximate surface area is 120 Å². The van der Waals surface area contributed by atoms with Gasteiger partial charge in [-0.2, -0.15) is 5.26 Å². The van der Waals surface area contributed by atoms with E-state index in [-0.39, 0.29) is 5.91 Å². The first-order valence-corrected chi connectivity index (χ1v) is 7.83. The number of nitriles is 1. The molecule has 0 radical (unpaired) electrons. The number of hydrogen-bond acceptors (Lipinski definition) is 7. The molecule has 8 heteroatoms. The lowest BCUT2D eigenvalue weighted by atomic mass is 10.4. The molecule has 1 aromatic heterocycles. The molecular formula is C11H15N5OS2.